The van der Waals surface area contributed by atoms with Gasteiger partial charge in [0.05, 0.1) is 5.69 Å². The summed E-state index contributed by atoms with van der Waals surface area (Å²) in [6, 6.07) is 6.06. The first-order chi connectivity index (χ1) is 11.3. The maximum Gasteiger partial charge on any atom is 0.349 e. The van der Waals surface area contributed by atoms with Gasteiger partial charge in [-0.2, -0.15) is 0 Å². The van der Waals surface area contributed by atoms with Crippen LogP contribution in [0, 0.1) is 12.7 Å². The van der Waals surface area contributed by atoms with Gasteiger partial charge in [0.2, 0.25) is 0 Å². The lowest BCUT2D eigenvalue weighted by molar-refractivity contribution is -0.123. The van der Waals surface area contributed by atoms with Gasteiger partial charge in [-0.3, -0.25) is 4.79 Å². The zero-order chi connectivity index (χ0) is 17.9. The molecule has 1 atom stereocenters. The van der Waals surface area contributed by atoms with Gasteiger partial charge in [-0.25, -0.2) is 9.18 Å². The summed E-state index contributed by atoms with van der Waals surface area (Å²) >= 11 is 4.48. The van der Waals surface area contributed by atoms with Crippen molar-refractivity contribution in [2.45, 2.75) is 33.3 Å². The number of carbonyl (C=O) groups excluding carboxylic acids is 2. The molecule has 0 aliphatic heterocycles. The van der Waals surface area contributed by atoms with E-state index < -0.39 is 23.8 Å². The van der Waals surface area contributed by atoms with Crippen LogP contribution in [0.1, 0.15) is 34.0 Å². The fraction of sp³-hybridized carbons (Fsp3) is 0.294. The Balaban J connectivity index is 2.01. The van der Waals surface area contributed by atoms with Crippen LogP contribution in [0.4, 0.5) is 10.1 Å². The van der Waals surface area contributed by atoms with Gasteiger partial charge in [0, 0.05) is 9.35 Å². The van der Waals surface area contributed by atoms with E-state index in [2.05, 4.69) is 21.2 Å². The first kappa shape index (κ1) is 18.6. The van der Waals surface area contributed by atoms with E-state index >= 15 is 0 Å². The molecule has 0 aliphatic carbocycles. The number of hydrogen-bond acceptors (Lipinski definition) is 4. The molecule has 1 amide bonds. The Labute approximate surface area is 152 Å². The number of anilines is 1. The van der Waals surface area contributed by atoms with Crippen molar-refractivity contribution in [3.63, 3.8) is 0 Å². The van der Waals surface area contributed by atoms with Crippen LogP contribution in [-0.4, -0.2) is 18.0 Å². The van der Waals surface area contributed by atoms with Crippen molar-refractivity contribution in [2.24, 2.45) is 0 Å². The Morgan fingerprint density at radius 3 is 2.67 bits per heavy atom. The predicted molar refractivity (Wildman–Crippen MR) is 96.0 cm³/mol. The minimum atomic E-state index is -1.03. The molecule has 2 aromatic rings. The van der Waals surface area contributed by atoms with E-state index in [1.807, 2.05) is 13.8 Å². The van der Waals surface area contributed by atoms with Crippen LogP contribution in [0.2, 0.25) is 0 Å². The fourth-order valence-electron chi connectivity index (χ4n) is 2.07. The highest BCUT2D eigenvalue weighted by Crippen LogP contribution is 2.23. The second-order valence-electron chi connectivity index (χ2n) is 5.21. The smallest absolute Gasteiger partial charge is 0.349 e. The Morgan fingerprint density at radius 2 is 2.08 bits per heavy atom. The van der Waals surface area contributed by atoms with E-state index in [1.165, 1.54) is 30.4 Å². The van der Waals surface area contributed by atoms with Crippen LogP contribution in [0.25, 0.3) is 0 Å². The molecule has 0 saturated carbocycles. The molecule has 0 aliphatic rings. The number of halogens is 2. The standard InChI is InChI=1S/C17H17BrFNO3S/c1-4-11-7-15(24-10(11)3)17(22)23-9(2)16(21)20-14-6-5-12(18)8-13(14)19/h5-9H,4H2,1-3H3,(H,20,21)/t9-/m1/s1. The van der Waals surface area contributed by atoms with Gasteiger partial charge in [0.25, 0.3) is 5.91 Å². The number of esters is 1. The zero-order valence-corrected chi connectivity index (χ0v) is 15.9. The maximum atomic E-state index is 13.7. The summed E-state index contributed by atoms with van der Waals surface area (Å²) < 4.78 is 19.5. The third kappa shape index (κ3) is 4.42. The average Bonchev–Trinajstić information content (AvgIpc) is 2.91. The second-order valence-corrected chi connectivity index (χ2v) is 7.38. The van der Waals surface area contributed by atoms with E-state index in [0.717, 1.165) is 16.9 Å². The number of thiophene rings is 1. The molecule has 7 heteroatoms. The highest BCUT2D eigenvalue weighted by atomic mass is 79.9. The van der Waals surface area contributed by atoms with Crippen molar-refractivity contribution in [2.75, 3.05) is 5.32 Å². The van der Waals surface area contributed by atoms with Crippen molar-refractivity contribution >= 4 is 44.8 Å². The van der Waals surface area contributed by atoms with Crippen molar-refractivity contribution in [1.29, 1.82) is 0 Å². The number of nitrogens with one attached hydrogen (secondary N) is 1. The molecule has 0 radical (unpaired) electrons. The molecule has 2 rings (SSSR count). The third-order valence-electron chi connectivity index (χ3n) is 3.44. The molecule has 1 N–H and O–H groups in total. The highest BCUT2D eigenvalue weighted by molar-refractivity contribution is 9.10. The van der Waals surface area contributed by atoms with Gasteiger partial charge in [-0.1, -0.05) is 22.9 Å². The summed E-state index contributed by atoms with van der Waals surface area (Å²) in [6.45, 7) is 5.39. The summed E-state index contributed by atoms with van der Waals surface area (Å²) in [5.74, 6) is -1.71. The van der Waals surface area contributed by atoms with E-state index in [0.29, 0.717) is 9.35 Å². The predicted octanol–water partition coefficient (Wildman–Crippen LogP) is 4.70. The van der Waals surface area contributed by atoms with Crippen LogP contribution in [0.5, 0.6) is 0 Å². The molecule has 24 heavy (non-hydrogen) atoms. The molecular weight excluding hydrogens is 397 g/mol. The molecule has 1 heterocycles. The van der Waals surface area contributed by atoms with Gasteiger partial charge in [0.15, 0.2) is 6.10 Å². The number of ether oxygens (including phenoxy) is 1. The normalized spacial score (nSPS) is 11.9. The lowest BCUT2D eigenvalue weighted by Gasteiger charge is -2.13. The number of carbonyl (C=O) groups is 2. The number of hydrogen-bond donors (Lipinski definition) is 1. The monoisotopic (exact) mass is 413 g/mol. The van der Waals surface area contributed by atoms with Gasteiger partial charge in [-0.05, 0) is 50.1 Å². The number of aryl methyl sites for hydroxylation is 2. The fourth-order valence-corrected chi connectivity index (χ4v) is 3.40. The number of amides is 1. The van der Waals surface area contributed by atoms with Gasteiger partial charge in [-0.15, -0.1) is 11.3 Å². The van der Waals surface area contributed by atoms with Crippen LogP contribution in [0.15, 0.2) is 28.7 Å². The van der Waals surface area contributed by atoms with Gasteiger partial charge in [0.1, 0.15) is 10.7 Å². The topological polar surface area (TPSA) is 55.4 Å². The number of benzene rings is 1. The summed E-state index contributed by atoms with van der Waals surface area (Å²) in [6.07, 6.45) is -0.206. The SMILES string of the molecule is CCc1cc(C(=O)O[C@H](C)C(=O)Nc2ccc(Br)cc2F)sc1C. The highest BCUT2D eigenvalue weighted by Gasteiger charge is 2.21. The van der Waals surface area contributed by atoms with Crippen molar-refractivity contribution < 1.29 is 18.7 Å². The molecule has 0 unspecified atom stereocenters. The molecule has 128 valence electrons. The van der Waals surface area contributed by atoms with Gasteiger partial charge >= 0.3 is 5.97 Å². The van der Waals surface area contributed by atoms with Crippen molar-refractivity contribution in [3.8, 4) is 0 Å². The van der Waals surface area contributed by atoms with Crippen LogP contribution in [0.3, 0.4) is 0 Å². The Bertz CT molecular complexity index is 775. The summed E-state index contributed by atoms with van der Waals surface area (Å²) in [5, 5.41) is 2.41. The average molecular weight is 414 g/mol. The summed E-state index contributed by atoms with van der Waals surface area (Å²) in [4.78, 5) is 25.7. The first-order valence-corrected chi connectivity index (χ1v) is 8.99. The maximum absolute atomic E-state index is 13.7. The molecular formula is C17H17BrFNO3S. The second kappa shape index (κ2) is 7.90. The Hall–Kier alpha value is -1.73. The van der Waals surface area contributed by atoms with E-state index in [9.17, 15) is 14.0 Å². The lowest BCUT2D eigenvalue weighted by atomic mass is 10.2. The minimum absolute atomic E-state index is 0.0336. The molecule has 1 aromatic carbocycles. The summed E-state index contributed by atoms with van der Waals surface area (Å²) in [5.41, 5.74) is 1.12. The Morgan fingerprint density at radius 1 is 1.38 bits per heavy atom. The quantitative estimate of drug-likeness (QED) is 0.722. The van der Waals surface area contributed by atoms with Crippen LogP contribution >= 0.6 is 27.3 Å². The molecule has 0 saturated heterocycles. The third-order valence-corrected chi connectivity index (χ3v) is 5.01. The number of rotatable bonds is 5. The minimum Gasteiger partial charge on any atom is -0.448 e. The van der Waals surface area contributed by atoms with Crippen LogP contribution in [-0.2, 0) is 16.0 Å². The van der Waals surface area contributed by atoms with E-state index in [1.54, 1.807) is 12.1 Å². The molecule has 0 spiro atoms. The van der Waals surface area contributed by atoms with E-state index in [-0.39, 0.29) is 5.69 Å². The lowest BCUT2D eigenvalue weighted by Crippen LogP contribution is -2.30. The van der Waals surface area contributed by atoms with Gasteiger partial charge < -0.3 is 10.1 Å². The van der Waals surface area contributed by atoms with Crippen molar-refractivity contribution in [3.05, 3.63) is 49.9 Å². The summed E-state index contributed by atoms with van der Waals surface area (Å²) in [7, 11) is 0. The van der Waals surface area contributed by atoms with Crippen molar-refractivity contribution in [1.82, 2.24) is 0 Å². The van der Waals surface area contributed by atoms with Crippen LogP contribution < -0.4 is 5.32 Å². The molecule has 0 fully saturated rings. The van der Waals surface area contributed by atoms with E-state index in [4.69, 9.17) is 4.74 Å². The first-order valence-electron chi connectivity index (χ1n) is 7.38. The molecule has 0 bridgehead atoms. The molecule has 4 nitrogen and oxygen atoms in total. The Kier molecular flexibility index (Phi) is 6.12. The largest absolute Gasteiger partial charge is 0.448 e. The molecule has 1 aromatic heterocycles. The zero-order valence-electron chi connectivity index (χ0n) is 13.5.